The van der Waals surface area contributed by atoms with Crippen molar-refractivity contribution < 1.29 is 0 Å². The first kappa shape index (κ1) is 13.2. The number of hydrogen-bond acceptors (Lipinski definition) is 2. The van der Waals surface area contributed by atoms with Crippen LogP contribution in [0, 0.1) is 0 Å². The summed E-state index contributed by atoms with van der Waals surface area (Å²) in [6, 6.07) is 19.5. The molecular weight excluding hydrogens is 262 g/mol. The van der Waals surface area contributed by atoms with Gasteiger partial charge in [0.1, 0.15) is 0 Å². The van der Waals surface area contributed by atoms with Gasteiger partial charge >= 0.3 is 0 Å². The lowest BCUT2D eigenvalue weighted by Crippen LogP contribution is -2.01. The van der Waals surface area contributed by atoms with E-state index < -0.39 is 0 Å². The third-order valence-corrected chi connectivity index (χ3v) is 4.41. The Bertz CT molecular complexity index is 657. The summed E-state index contributed by atoms with van der Waals surface area (Å²) in [5.74, 6) is 0. The largest absolute Gasteiger partial charge is 0.385 e. The van der Waals surface area contributed by atoms with E-state index in [2.05, 4.69) is 65.3 Å². The standard InChI is InChI=1S/C18H19NS/c1-2-6-15(7-3-1)8-4-5-12-19-17-9-10-18-16(14-17)11-13-20-18/h1-3,6-7,9-11,13-14,19H,4-5,8,12H2. The molecule has 2 aromatic carbocycles. The minimum Gasteiger partial charge on any atom is -0.385 e. The molecule has 102 valence electrons. The minimum atomic E-state index is 1.04. The molecule has 0 aliphatic rings. The molecule has 3 rings (SSSR count). The van der Waals surface area contributed by atoms with Gasteiger partial charge in [0.25, 0.3) is 0 Å². The predicted molar refractivity (Wildman–Crippen MR) is 89.7 cm³/mol. The number of fused-ring (bicyclic) bond motifs is 1. The molecule has 0 fully saturated rings. The summed E-state index contributed by atoms with van der Waals surface area (Å²) in [6.07, 6.45) is 3.61. The first-order chi connectivity index (χ1) is 9.92. The van der Waals surface area contributed by atoms with E-state index in [0.29, 0.717) is 0 Å². The highest BCUT2D eigenvalue weighted by Crippen LogP contribution is 2.23. The number of benzene rings is 2. The molecule has 0 unspecified atom stereocenters. The summed E-state index contributed by atoms with van der Waals surface area (Å²) in [7, 11) is 0. The Hall–Kier alpha value is -1.80. The van der Waals surface area contributed by atoms with Crippen LogP contribution in [0.1, 0.15) is 18.4 Å². The molecule has 0 saturated carbocycles. The molecule has 1 aromatic heterocycles. The number of rotatable bonds is 6. The van der Waals surface area contributed by atoms with E-state index >= 15 is 0 Å². The highest BCUT2D eigenvalue weighted by Gasteiger charge is 1.97. The molecule has 1 heterocycles. The molecule has 3 aromatic rings. The molecule has 0 saturated heterocycles. The Morgan fingerprint density at radius 2 is 1.80 bits per heavy atom. The maximum Gasteiger partial charge on any atom is 0.0347 e. The number of anilines is 1. The Balaban J connectivity index is 1.43. The molecule has 0 aliphatic carbocycles. The molecule has 20 heavy (non-hydrogen) atoms. The van der Waals surface area contributed by atoms with Gasteiger partial charge in [0.2, 0.25) is 0 Å². The van der Waals surface area contributed by atoms with Gasteiger partial charge in [-0.05, 0) is 59.9 Å². The zero-order valence-corrected chi connectivity index (χ0v) is 12.3. The van der Waals surface area contributed by atoms with E-state index in [9.17, 15) is 0 Å². The van der Waals surface area contributed by atoms with Crippen LogP contribution < -0.4 is 5.32 Å². The smallest absolute Gasteiger partial charge is 0.0347 e. The zero-order valence-electron chi connectivity index (χ0n) is 11.5. The van der Waals surface area contributed by atoms with Crippen molar-refractivity contribution in [1.82, 2.24) is 0 Å². The second kappa shape index (κ2) is 6.58. The van der Waals surface area contributed by atoms with Crippen molar-refractivity contribution in [2.75, 3.05) is 11.9 Å². The average Bonchev–Trinajstić information content (AvgIpc) is 2.95. The van der Waals surface area contributed by atoms with Gasteiger partial charge in [-0.3, -0.25) is 0 Å². The van der Waals surface area contributed by atoms with E-state index in [1.807, 2.05) is 0 Å². The van der Waals surface area contributed by atoms with Crippen molar-refractivity contribution in [3.8, 4) is 0 Å². The molecule has 0 bridgehead atoms. The van der Waals surface area contributed by atoms with Crippen molar-refractivity contribution in [2.45, 2.75) is 19.3 Å². The number of thiophene rings is 1. The Labute approximate surface area is 124 Å². The quantitative estimate of drug-likeness (QED) is 0.602. The second-order valence-electron chi connectivity index (χ2n) is 5.04. The summed E-state index contributed by atoms with van der Waals surface area (Å²) >= 11 is 1.80. The van der Waals surface area contributed by atoms with Crippen LogP contribution in [-0.2, 0) is 6.42 Å². The minimum absolute atomic E-state index is 1.04. The lowest BCUT2D eigenvalue weighted by molar-refractivity contribution is 0.763. The van der Waals surface area contributed by atoms with Crippen LogP contribution in [-0.4, -0.2) is 6.54 Å². The third-order valence-electron chi connectivity index (χ3n) is 3.52. The number of nitrogens with one attached hydrogen (secondary N) is 1. The van der Waals surface area contributed by atoms with Gasteiger partial charge in [-0.15, -0.1) is 11.3 Å². The van der Waals surface area contributed by atoms with Crippen molar-refractivity contribution in [2.24, 2.45) is 0 Å². The molecule has 2 heteroatoms. The summed E-state index contributed by atoms with van der Waals surface area (Å²) in [6.45, 7) is 1.04. The molecule has 0 atom stereocenters. The Kier molecular flexibility index (Phi) is 4.34. The number of unbranched alkanes of at least 4 members (excludes halogenated alkanes) is 1. The molecule has 0 aliphatic heterocycles. The lowest BCUT2D eigenvalue weighted by atomic mass is 10.1. The summed E-state index contributed by atoms with van der Waals surface area (Å²) in [4.78, 5) is 0. The van der Waals surface area contributed by atoms with Crippen molar-refractivity contribution in [3.05, 3.63) is 65.5 Å². The van der Waals surface area contributed by atoms with E-state index in [0.717, 1.165) is 6.54 Å². The predicted octanol–water partition coefficient (Wildman–Crippen LogP) is 5.34. The summed E-state index contributed by atoms with van der Waals surface area (Å²) in [5, 5.41) is 7.00. The molecular formula is C18H19NS. The normalized spacial score (nSPS) is 10.8. The van der Waals surface area contributed by atoms with Crippen molar-refractivity contribution in [1.29, 1.82) is 0 Å². The maximum absolute atomic E-state index is 3.52. The SMILES string of the molecule is c1ccc(CCCCNc2ccc3sccc3c2)cc1. The van der Waals surface area contributed by atoms with Gasteiger partial charge in [0.15, 0.2) is 0 Å². The highest BCUT2D eigenvalue weighted by molar-refractivity contribution is 7.17. The van der Waals surface area contributed by atoms with Crippen LogP contribution in [0.25, 0.3) is 10.1 Å². The van der Waals surface area contributed by atoms with Crippen LogP contribution in [0.5, 0.6) is 0 Å². The van der Waals surface area contributed by atoms with Crippen LogP contribution in [0.4, 0.5) is 5.69 Å². The van der Waals surface area contributed by atoms with E-state index in [1.54, 1.807) is 11.3 Å². The van der Waals surface area contributed by atoms with Gasteiger partial charge in [0, 0.05) is 16.9 Å². The van der Waals surface area contributed by atoms with Crippen molar-refractivity contribution >= 4 is 27.1 Å². The van der Waals surface area contributed by atoms with Crippen LogP contribution in [0.15, 0.2) is 60.0 Å². The van der Waals surface area contributed by atoms with Crippen LogP contribution in [0.3, 0.4) is 0 Å². The molecule has 1 nitrogen and oxygen atoms in total. The van der Waals surface area contributed by atoms with Gasteiger partial charge in [0.05, 0.1) is 0 Å². The molecule has 0 radical (unpaired) electrons. The second-order valence-corrected chi connectivity index (χ2v) is 5.99. The first-order valence-electron chi connectivity index (χ1n) is 7.17. The summed E-state index contributed by atoms with van der Waals surface area (Å²) < 4.78 is 1.36. The number of hydrogen-bond donors (Lipinski definition) is 1. The molecule has 0 amide bonds. The lowest BCUT2D eigenvalue weighted by Gasteiger charge is -2.06. The van der Waals surface area contributed by atoms with Gasteiger partial charge in [-0.25, -0.2) is 0 Å². The van der Waals surface area contributed by atoms with Gasteiger partial charge < -0.3 is 5.32 Å². The molecule has 0 spiro atoms. The van der Waals surface area contributed by atoms with E-state index in [-0.39, 0.29) is 0 Å². The molecule has 1 N–H and O–H groups in total. The van der Waals surface area contributed by atoms with Crippen molar-refractivity contribution in [3.63, 3.8) is 0 Å². The average molecular weight is 281 g/mol. The van der Waals surface area contributed by atoms with Crippen LogP contribution >= 0.6 is 11.3 Å². The fraction of sp³-hybridized carbons (Fsp3) is 0.222. The van der Waals surface area contributed by atoms with Gasteiger partial charge in [-0.1, -0.05) is 30.3 Å². The topological polar surface area (TPSA) is 12.0 Å². The highest BCUT2D eigenvalue weighted by atomic mass is 32.1. The summed E-state index contributed by atoms with van der Waals surface area (Å²) in [5.41, 5.74) is 2.67. The van der Waals surface area contributed by atoms with E-state index in [1.165, 1.54) is 40.6 Å². The van der Waals surface area contributed by atoms with Gasteiger partial charge in [-0.2, -0.15) is 0 Å². The van der Waals surface area contributed by atoms with Crippen LogP contribution in [0.2, 0.25) is 0 Å². The first-order valence-corrected chi connectivity index (χ1v) is 8.05. The zero-order chi connectivity index (χ0) is 13.6. The number of aryl methyl sites for hydroxylation is 1. The Morgan fingerprint density at radius 1 is 0.900 bits per heavy atom. The fourth-order valence-corrected chi connectivity index (χ4v) is 3.18. The fourth-order valence-electron chi connectivity index (χ4n) is 2.41. The monoisotopic (exact) mass is 281 g/mol. The maximum atomic E-state index is 3.52. The van der Waals surface area contributed by atoms with E-state index in [4.69, 9.17) is 0 Å². The Morgan fingerprint density at radius 3 is 2.70 bits per heavy atom. The third kappa shape index (κ3) is 3.40.